The molecule has 0 unspecified atom stereocenters. The van der Waals surface area contributed by atoms with E-state index in [1.807, 2.05) is 42.5 Å². The molecule has 30 heavy (non-hydrogen) atoms. The molecule has 0 spiro atoms. The maximum atomic E-state index is 6.32. The van der Waals surface area contributed by atoms with E-state index in [1.165, 1.54) is 11.1 Å². The molecule has 0 bridgehead atoms. The molecule has 0 saturated carbocycles. The Hall–Kier alpha value is -3.38. The predicted molar refractivity (Wildman–Crippen MR) is 119 cm³/mol. The van der Waals surface area contributed by atoms with Crippen LogP contribution in [0.3, 0.4) is 0 Å². The number of nitrogens with one attached hydrogen (secondary N) is 1. The van der Waals surface area contributed by atoms with E-state index >= 15 is 0 Å². The SMILES string of the molecule is Cc1ccc([C@@H]2Nc3ccccc3-c3nnc(SCc4ccccc4)nc3O2)cc1. The highest BCUT2D eigenvalue weighted by Gasteiger charge is 2.25. The highest BCUT2D eigenvalue weighted by atomic mass is 32.2. The first-order valence-electron chi connectivity index (χ1n) is 9.77. The molecule has 2 heterocycles. The molecule has 6 heteroatoms. The molecule has 1 aliphatic rings. The quantitative estimate of drug-likeness (QED) is 0.438. The minimum atomic E-state index is -0.364. The standard InChI is InChI=1S/C24H20N4OS/c1-16-11-13-18(14-12-16)22-25-20-10-6-5-9-19(20)21-23(29-22)26-24(28-27-21)30-15-17-7-3-2-4-8-17/h2-14,22,25H,15H2,1H3/t22-/m1/s1. The van der Waals surface area contributed by atoms with E-state index in [4.69, 9.17) is 9.72 Å². The highest BCUT2D eigenvalue weighted by molar-refractivity contribution is 7.98. The molecule has 0 radical (unpaired) electrons. The van der Waals surface area contributed by atoms with Gasteiger partial charge in [-0.15, -0.1) is 10.2 Å². The van der Waals surface area contributed by atoms with E-state index in [1.54, 1.807) is 11.8 Å². The van der Waals surface area contributed by atoms with Gasteiger partial charge in [-0.1, -0.05) is 90.1 Å². The molecule has 0 amide bonds. The number of anilines is 1. The fourth-order valence-corrected chi connectivity index (χ4v) is 4.06. The van der Waals surface area contributed by atoms with Crippen LogP contribution in [0.4, 0.5) is 5.69 Å². The van der Waals surface area contributed by atoms with Crippen molar-refractivity contribution in [3.63, 3.8) is 0 Å². The van der Waals surface area contributed by atoms with Crippen molar-refractivity contribution in [2.45, 2.75) is 24.1 Å². The van der Waals surface area contributed by atoms with Crippen molar-refractivity contribution >= 4 is 17.4 Å². The Morgan fingerprint density at radius 3 is 2.50 bits per heavy atom. The number of aromatic nitrogens is 3. The van der Waals surface area contributed by atoms with Gasteiger partial charge in [0.15, 0.2) is 11.9 Å². The number of benzene rings is 3. The summed E-state index contributed by atoms with van der Waals surface area (Å²) < 4.78 is 6.32. The number of nitrogens with zero attached hydrogens (tertiary/aromatic N) is 3. The lowest BCUT2D eigenvalue weighted by atomic mass is 10.1. The Balaban J connectivity index is 1.50. The van der Waals surface area contributed by atoms with Gasteiger partial charge in [-0.05, 0) is 18.6 Å². The van der Waals surface area contributed by atoms with Crippen molar-refractivity contribution in [1.82, 2.24) is 15.2 Å². The number of fused-ring (bicyclic) bond motifs is 3. The molecule has 0 saturated heterocycles. The molecular formula is C24H20N4OS. The van der Waals surface area contributed by atoms with Gasteiger partial charge in [0, 0.05) is 22.6 Å². The first-order valence-corrected chi connectivity index (χ1v) is 10.8. The monoisotopic (exact) mass is 412 g/mol. The van der Waals surface area contributed by atoms with Gasteiger partial charge in [-0.25, -0.2) is 0 Å². The molecule has 5 nitrogen and oxygen atoms in total. The second kappa shape index (κ2) is 8.16. The van der Waals surface area contributed by atoms with Gasteiger partial charge in [-0.3, -0.25) is 0 Å². The fraction of sp³-hybridized carbons (Fsp3) is 0.125. The van der Waals surface area contributed by atoms with Crippen molar-refractivity contribution in [2.75, 3.05) is 5.32 Å². The lowest BCUT2D eigenvalue weighted by molar-refractivity contribution is 0.225. The van der Waals surface area contributed by atoms with Crippen molar-refractivity contribution in [3.05, 3.63) is 95.6 Å². The van der Waals surface area contributed by atoms with Crippen molar-refractivity contribution in [1.29, 1.82) is 0 Å². The third-order valence-electron chi connectivity index (χ3n) is 4.92. The average molecular weight is 413 g/mol. The Morgan fingerprint density at radius 1 is 0.900 bits per heavy atom. The first kappa shape index (κ1) is 18.6. The minimum Gasteiger partial charge on any atom is -0.448 e. The average Bonchev–Trinajstić information content (AvgIpc) is 2.95. The molecule has 1 aromatic heterocycles. The van der Waals surface area contributed by atoms with E-state index < -0.39 is 0 Å². The molecule has 148 valence electrons. The highest BCUT2D eigenvalue weighted by Crippen LogP contribution is 2.39. The maximum absolute atomic E-state index is 6.32. The van der Waals surface area contributed by atoms with Crippen LogP contribution in [-0.2, 0) is 5.75 Å². The zero-order chi connectivity index (χ0) is 20.3. The summed E-state index contributed by atoms with van der Waals surface area (Å²) in [6.07, 6.45) is -0.364. The third kappa shape index (κ3) is 3.86. The van der Waals surface area contributed by atoms with Crippen LogP contribution < -0.4 is 10.1 Å². The number of aryl methyl sites for hydroxylation is 1. The topological polar surface area (TPSA) is 59.9 Å². The van der Waals surface area contributed by atoms with E-state index in [0.717, 1.165) is 22.6 Å². The normalized spacial score (nSPS) is 14.6. The van der Waals surface area contributed by atoms with Crippen LogP contribution in [0.1, 0.15) is 22.9 Å². The molecule has 0 fully saturated rings. The van der Waals surface area contributed by atoms with Gasteiger partial charge in [-0.2, -0.15) is 4.98 Å². The Morgan fingerprint density at radius 2 is 1.67 bits per heavy atom. The summed E-state index contributed by atoms with van der Waals surface area (Å²) in [5.41, 5.74) is 5.98. The third-order valence-corrected chi connectivity index (χ3v) is 5.83. The second-order valence-corrected chi connectivity index (χ2v) is 8.06. The zero-order valence-corrected chi connectivity index (χ0v) is 17.3. The summed E-state index contributed by atoms with van der Waals surface area (Å²) in [5, 5.41) is 12.9. The Bertz CT molecular complexity index is 1170. The summed E-state index contributed by atoms with van der Waals surface area (Å²) >= 11 is 1.55. The second-order valence-electron chi connectivity index (χ2n) is 7.12. The molecule has 3 aromatic carbocycles. The summed E-state index contributed by atoms with van der Waals surface area (Å²) in [7, 11) is 0. The van der Waals surface area contributed by atoms with Crippen LogP contribution in [-0.4, -0.2) is 15.2 Å². The van der Waals surface area contributed by atoms with E-state index in [2.05, 4.69) is 58.8 Å². The van der Waals surface area contributed by atoms with Crippen LogP contribution in [0, 0.1) is 6.92 Å². The molecule has 1 atom stereocenters. The molecule has 1 N–H and O–H groups in total. The lowest BCUT2D eigenvalue weighted by Crippen LogP contribution is -2.17. The molecule has 4 aromatic rings. The Kier molecular flexibility index (Phi) is 5.07. The van der Waals surface area contributed by atoms with E-state index in [-0.39, 0.29) is 6.23 Å². The first-order chi connectivity index (χ1) is 14.8. The van der Waals surface area contributed by atoms with Gasteiger partial charge < -0.3 is 10.1 Å². The smallest absolute Gasteiger partial charge is 0.247 e. The molecule has 1 aliphatic heterocycles. The largest absolute Gasteiger partial charge is 0.448 e. The minimum absolute atomic E-state index is 0.364. The summed E-state index contributed by atoms with van der Waals surface area (Å²) in [5.74, 6) is 1.26. The van der Waals surface area contributed by atoms with Gasteiger partial charge in [0.2, 0.25) is 11.0 Å². The number of hydrogen-bond donors (Lipinski definition) is 1. The van der Waals surface area contributed by atoms with Gasteiger partial charge in [0.1, 0.15) is 0 Å². The van der Waals surface area contributed by atoms with Crippen molar-refractivity contribution in [2.24, 2.45) is 0 Å². The summed E-state index contributed by atoms with van der Waals surface area (Å²) in [4.78, 5) is 4.71. The van der Waals surface area contributed by atoms with Crippen molar-refractivity contribution in [3.8, 4) is 17.1 Å². The molecule has 5 rings (SSSR count). The van der Waals surface area contributed by atoms with Crippen LogP contribution in [0.2, 0.25) is 0 Å². The van der Waals surface area contributed by atoms with Gasteiger partial charge >= 0.3 is 0 Å². The van der Waals surface area contributed by atoms with Crippen LogP contribution in [0.5, 0.6) is 5.88 Å². The predicted octanol–water partition coefficient (Wildman–Crippen LogP) is 5.64. The number of hydrogen-bond acceptors (Lipinski definition) is 6. The van der Waals surface area contributed by atoms with Crippen molar-refractivity contribution < 1.29 is 4.74 Å². The summed E-state index contributed by atoms with van der Waals surface area (Å²) in [6, 6.07) is 26.6. The lowest BCUT2D eigenvalue weighted by Gasteiger charge is -2.19. The maximum Gasteiger partial charge on any atom is 0.247 e. The van der Waals surface area contributed by atoms with Crippen LogP contribution in [0.25, 0.3) is 11.3 Å². The molecular weight excluding hydrogens is 392 g/mol. The van der Waals surface area contributed by atoms with E-state index in [9.17, 15) is 0 Å². The fourth-order valence-electron chi connectivity index (χ4n) is 3.32. The van der Waals surface area contributed by atoms with Gasteiger partial charge in [0.25, 0.3) is 0 Å². The number of rotatable bonds is 4. The van der Waals surface area contributed by atoms with Crippen LogP contribution >= 0.6 is 11.8 Å². The van der Waals surface area contributed by atoms with Crippen LogP contribution in [0.15, 0.2) is 84.0 Å². The Labute approximate surface area is 179 Å². The van der Waals surface area contributed by atoms with Gasteiger partial charge in [0.05, 0.1) is 0 Å². The van der Waals surface area contributed by atoms with E-state index in [0.29, 0.717) is 16.7 Å². The number of thioether (sulfide) groups is 1. The zero-order valence-electron chi connectivity index (χ0n) is 16.4. The summed E-state index contributed by atoms with van der Waals surface area (Å²) in [6.45, 7) is 2.07. The number of para-hydroxylation sites is 1. The molecule has 0 aliphatic carbocycles. The number of ether oxygens (including phenoxy) is 1.